The predicted octanol–water partition coefficient (Wildman–Crippen LogP) is 4.86. The molecule has 0 unspecified atom stereocenters. The number of sulfone groups is 1. The van der Waals surface area contributed by atoms with Crippen LogP contribution in [0.25, 0.3) is 11.6 Å². The molecule has 2 aromatic carbocycles. The molecule has 0 saturated heterocycles. The third kappa shape index (κ3) is 4.01. The van der Waals surface area contributed by atoms with Gasteiger partial charge >= 0.3 is 0 Å². The van der Waals surface area contributed by atoms with Crippen LogP contribution in [-0.2, 0) is 21.1 Å². The van der Waals surface area contributed by atoms with Crippen molar-refractivity contribution in [3.05, 3.63) is 87.0 Å². The Balaban J connectivity index is 1.50. The van der Waals surface area contributed by atoms with Gasteiger partial charge in [0, 0.05) is 23.1 Å². The Morgan fingerprint density at radius 2 is 1.80 bits per heavy atom. The van der Waals surface area contributed by atoms with E-state index in [2.05, 4.69) is 0 Å². The first-order valence-electron chi connectivity index (χ1n) is 8.88. The van der Waals surface area contributed by atoms with Gasteiger partial charge in [0.15, 0.2) is 21.4 Å². The molecular formula is C22H14ClFO4S2. The van der Waals surface area contributed by atoms with E-state index < -0.39 is 27.2 Å². The Bertz CT molecular complexity index is 1320. The van der Waals surface area contributed by atoms with Crippen LogP contribution in [0.2, 0.25) is 4.34 Å². The second-order valence-electron chi connectivity index (χ2n) is 6.82. The van der Waals surface area contributed by atoms with Crippen LogP contribution < -0.4 is 0 Å². The molecule has 0 amide bonds. The zero-order valence-electron chi connectivity index (χ0n) is 15.4. The minimum absolute atomic E-state index is 0.0219. The molecule has 0 radical (unpaired) electrons. The number of Topliss-reactive ketones (excluding diaryl/α,β-unsaturated/α-hetero) is 2. The average Bonchev–Trinajstić information content (AvgIpc) is 3.26. The first-order chi connectivity index (χ1) is 14.2. The molecule has 0 atom stereocenters. The summed E-state index contributed by atoms with van der Waals surface area (Å²) in [6, 6.07) is 14.0. The zero-order valence-corrected chi connectivity index (χ0v) is 17.8. The summed E-state index contributed by atoms with van der Waals surface area (Å²) in [5, 5.41) is 0. The maximum absolute atomic E-state index is 14.7. The van der Waals surface area contributed by atoms with E-state index >= 15 is 0 Å². The Labute approximate surface area is 181 Å². The number of carbonyl (C=O) groups excluding carboxylic acids is 2. The highest BCUT2D eigenvalue weighted by atomic mass is 35.5. The fraction of sp³-hybridized carbons (Fsp3) is 0.0909. The maximum Gasteiger partial charge on any atom is 0.194 e. The molecule has 1 aliphatic rings. The smallest absolute Gasteiger partial charge is 0.194 e. The van der Waals surface area contributed by atoms with E-state index in [1.54, 1.807) is 30.3 Å². The van der Waals surface area contributed by atoms with Crippen molar-refractivity contribution in [1.29, 1.82) is 0 Å². The molecule has 0 bridgehead atoms. The summed E-state index contributed by atoms with van der Waals surface area (Å²) in [6.45, 7) is 0. The molecule has 1 aliphatic carbocycles. The molecular weight excluding hydrogens is 447 g/mol. The molecule has 4 rings (SSSR count). The number of thiophene rings is 1. The lowest BCUT2D eigenvalue weighted by Gasteiger charge is -2.07. The standard InChI is InChI=1S/C22H14ClFO4S2/c23-20-7-8-21(29-20)30(27,28)12-15(25)9-13-5-6-17(19(24)10-13)18-11-14-3-1-2-4-16(14)22(18)26/h1-8,10-11H,9,12H2. The van der Waals surface area contributed by atoms with Gasteiger partial charge in [0.2, 0.25) is 0 Å². The summed E-state index contributed by atoms with van der Waals surface area (Å²) in [5.41, 5.74) is 1.99. The Morgan fingerprint density at radius 3 is 2.47 bits per heavy atom. The van der Waals surface area contributed by atoms with Gasteiger partial charge in [0.1, 0.15) is 15.8 Å². The Kier molecular flexibility index (Phi) is 5.44. The lowest BCUT2D eigenvalue weighted by atomic mass is 9.99. The lowest BCUT2D eigenvalue weighted by Crippen LogP contribution is -2.17. The molecule has 1 heterocycles. The highest BCUT2D eigenvalue weighted by Gasteiger charge is 2.26. The molecule has 30 heavy (non-hydrogen) atoms. The molecule has 0 spiro atoms. The maximum atomic E-state index is 14.7. The highest BCUT2D eigenvalue weighted by molar-refractivity contribution is 7.94. The van der Waals surface area contributed by atoms with Crippen molar-refractivity contribution in [2.45, 2.75) is 10.6 Å². The number of carbonyl (C=O) groups is 2. The van der Waals surface area contributed by atoms with Gasteiger partial charge in [0.25, 0.3) is 0 Å². The van der Waals surface area contributed by atoms with Gasteiger partial charge < -0.3 is 0 Å². The second-order valence-corrected chi connectivity index (χ2v) is 10.8. The van der Waals surface area contributed by atoms with Crippen molar-refractivity contribution in [3.63, 3.8) is 0 Å². The number of allylic oxidation sites excluding steroid dienone is 1. The number of benzene rings is 2. The van der Waals surface area contributed by atoms with Crippen LogP contribution in [0.4, 0.5) is 4.39 Å². The second kappa shape index (κ2) is 7.91. The fourth-order valence-electron chi connectivity index (χ4n) is 3.31. The number of halogens is 2. The molecule has 0 N–H and O–H groups in total. The SMILES string of the molecule is O=C(Cc1ccc(C2=Cc3ccccc3C2=O)c(F)c1)CS(=O)(=O)c1ccc(Cl)s1. The zero-order chi connectivity index (χ0) is 21.5. The van der Waals surface area contributed by atoms with E-state index in [1.807, 2.05) is 0 Å². The van der Waals surface area contributed by atoms with Gasteiger partial charge in [-0.3, -0.25) is 9.59 Å². The van der Waals surface area contributed by atoms with Crippen LogP contribution in [0.15, 0.2) is 58.8 Å². The molecule has 3 aromatic rings. The summed E-state index contributed by atoms with van der Waals surface area (Å²) in [5.74, 6) is -2.14. The van der Waals surface area contributed by atoms with Crippen LogP contribution in [0.5, 0.6) is 0 Å². The lowest BCUT2D eigenvalue weighted by molar-refractivity contribution is -0.116. The largest absolute Gasteiger partial charge is 0.298 e. The molecule has 152 valence electrons. The van der Waals surface area contributed by atoms with E-state index in [1.165, 1.54) is 30.3 Å². The summed E-state index contributed by atoms with van der Waals surface area (Å²) in [4.78, 5) is 24.8. The third-order valence-electron chi connectivity index (χ3n) is 4.68. The molecule has 4 nitrogen and oxygen atoms in total. The minimum Gasteiger partial charge on any atom is -0.298 e. The first-order valence-corrected chi connectivity index (χ1v) is 11.7. The Hall–Kier alpha value is -2.61. The molecule has 0 aliphatic heterocycles. The molecule has 8 heteroatoms. The topological polar surface area (TPSA) is 68.3 Å². The monoisotopic (exact) mass is 460 g/mol. The van der Waals surface area contributed by atoms with Gasteiger partial charge in [-0.2, -0.15) is 0 Å². The van der Waals surface area contributed by atoms with Gasteiger partial charge in [0.05, 0.1) is 4.34 Å². The number of rotatable bonds is 6. The summed E-state index contributed by atoms with van der Waals surface area (Å²) in [7, 11) is -3.79. The van der Waals surface area contributed by atoms with Crippen molar-refractivity contribution in [1.82, 2.24) is 0 Å². The fourth-order valence-corrected chi connectivity index (χ4v) is 6.12. The highest BCUT2D eigenvalue weighted by Crippen LogP contribution is 2.33. The number of hydrogen-bond donors (Lipinski definition) is 0. The third-order valence-corrected chi connectivity index (χ3v) is 8.17. The summed E-state index contributed by atoms with van der Waals surface area (Å²) in [6.07, 6.45) is 1.41. The van der Waals surface area contributed by atoms with Crippen LogP contribution in [0.1, 0.15) is 27.0 Å². The van der Waals surface area contributed by atoms with Crippen molar-refractivity contribution in [2.24, 2.45) is 0 Å². The van der Waals surface area contributed by atoms with Crippen LogP contribution in [0, 0.1) is 5.82 Å². The summed E-state index contributed by atoms with van der Waals surface area (Å²) >= 11 is 6.64. The van der Waals surface area contributed by atoms with Gasteiger partial charge in [-0.25, -0.2) is 12.8 Å². The first kappa shape index (κ1) is 20.7. The molecule has 1 aromatic heterocycles. The van der Waals surface area contributed by atoms with Crippen molar-refractivity contribution in [3.8, 4) is 0 Å². The van der Waals surface area contributed by atoms with Crippen LogP contribution in [0.3, 0.4) is 0 Å². The van der Waals surface area contributed by atoms with E-state index in [4.69, 9.17) is 11.6 Å². The quantitative estimate of drug-likeness (QED) is 0.526. The van der Waals surface area contributed by atoms with Crippen LogP contribution in [-0.4, -0.2) is 25.7 Å². The normalized spacial score (nSPS) is 13.3. The van der Waals surface area contributed by atoms with Crippen molar-refractivity contribution >= 4 is 56.0 Å². The van der Waals surface area contributed by atoms with Crippen LogP contribution >= 0.6 is 22.9 Å². The van der Waals surface area contributed by atoms with Gasteiger partial charge in [-0.1, -0.05) is 48.0 Å². The molecule has 0 saturated carbocycles. The van der Waals surface area contributed by atoms with E-state index in [0.717, 1.165) is 16.9 Å². The minimum atomic E-state index is -3.79. The number of ketones is 2. The summed E-state index contributed by atoms with van der Waals surface area (Å²) < 4.78 is 39.7. The predicted molar refractivity (Wildman–Crippen MR) is 115 cm³/mol. The number of fused-ring (bicyclic) bond motifs is 1. The van der Waals surface area contributed by atoms with E-state index in [0.29, 0.717) is 15.5 Å². The Morgan fingerprint density at radius 1 is 1.03 bits per heavy atom. The van der Waals surface area contributed by atoms with E-state index in [-0.39, 0.29) is 27.5 Å². The van der Waals surface area contributed by atoms with E-state index in [9.17, 15) is 22.4 Å². The number of hydrogen-bond acceptors (Lipinski definition) is 5. The van der Waals surface area contributed by atoms with Gasteiger partial charge in [-0.15, -0.1) is 11.3 Å². The average molecular weight is 461 g/mol. The van der Waals surface area contributed by atoms with Crippen molar-refractivity contribution < 1.29 is 22.4 Å². The van der Waals surface area contributed by atoms with Crippen molar-refractivity contribution in [2.75, 3.05) is 5.75 Å². The molecule has 0 fully saturated rings. The van der Waals surface area contributed by atoms with Gasteiger partial charge in [-0.05, 0) is 35.4 Å².